The Kier molecular flexibility index (Phi) is 5.01. The van der Waals surface area contributed by atoms with E-state index >= 15 is 0 Å². The highest BCUT2D eigenvalue weighted by Crippen LogP contribution is 2.28. The number of piperidine rings is 1. The molecule has 0 bridgehead atoms. The van der Waals surface area contributed by atoms with E-state index in [1.165, 1.54) is 0 Å². The molecule has 2 atom stereocenters. The molecule has 1 aliphatic rings. The van der Waals surface area contributed by atoms with Crippen LogP contribution < -0.4 is 4.90 Å². The fraction of sp³-hybridized carbons (Fsp3) is 0.250. The van der Waals surface area contributed by atoms with Crippen molar-refractivity contribution in [2.75, 3.05) is 18.0 Å². The van der Waals surface area contributed by atoms with Crippen LogP contribution in [0.2, 0.25) is 5.02 Å². The minimum Gasteiger partial charge on any atom is -0.390 e. The highest BCUT2D eigenvalue weighted by atomic mass is 35.5. The minimum absolute atomic E-state index is 0.102. The summed E-state index contributed by atoms with van der Waals surface area (Å²) >= 11 is 5.99. The van der Waals surface area contributed by atoms with Crippen LogP contribution in [0.5, 0.6) is 0 Å². The van der Waals surface area contributed by atoms with Crippen molar-refractivity contribution in [3.05, 3.63) is 59.9 Å². The van der Waals surface area contributed by atoms with E-state index in [9.17, 15) is 9.50 Å². The van der Waals surface area contributed by atoms with E-state index in [0.29, 0.717) is 29.6 Å². The average Bonchev–Trinajstić information content (AvgIpc) is 2.71. The number of hydrogen-bond donors (Lipinski definition) is 1. The molecule has 3 heterocycles. The second kappa shape index (κ2) is 7.58. The molecule has 7 heteroatoms. The first kappa shape index (κ1) is 17.8. The van der Waals surface area contributed by atoms with Gasteiger partial charge in [-0.05, 0) is 30.7 Å². The lowest BCUT2D eigenvalue weighted by atomic mass is 10.1. The standard InChI is InChI=1S/C20H18ClFN4O/c21-15-5-3-13(4-6-15)17-10-19(26-9-7-18(27)16(22)12-26)25-20(24-17)14-2-1-8-23-11-14/h1-6,8,10-11,16,18,27H,7,9,12H2/t16-,18-/m1/s1. The van der Waals surface area contributed by atoms with Crippen LogP contribution in [-0.4, -0.2) is 45.4 Å². The van der Waals surface area contributed by atoms with Gasteiger partial charge in [0.15, 0.2) is 5.82 Å². The van der Waals surface area contributed by atoms with E-state index in [0.717, 1.165) is 16.8 Å². The van der Waals surface area contributed by atoms with E-state index in [1.807, 2.05) is 35.2 Å². The third kappa shape index (κ3) is 3.91. The van der Waals surface area contributed by atoms with Crippen molar-refractivity contribution < 1.29 is 9.50 Å². The molecule has 1 fully saturated rings. The lowest BCUT2D eigenvalue weighted by molar-refractivity contribution is 0.0614. The number of benzene rings is 1. The van der Waals surface area contributed by atoms with Gasteiger partial charge in [-0.3, -0.25) is 4.98 Å². The van der Waals surface area contributed by atoms with Gasteiger partial charge in [0.05, 0.1) is 18.3 Å². The maximum absolute atomic E-state index is 14.0. The van der Waals surface area contributed by atoms with E-state index in [1.54, 1.807) is 24.5 Å². The van der Waals surface area contributed by atoms with Gasteiger partial charge >= 0.3 is 0 Å². The first-order chi connectivity index (χ1) is 13.1. The molecule has 4 rings (SSSR count). The van der Waals surface area contributed by atoms with Crippen molar-refractivity contribution in [1.29, 1.82) is 0 Å². The molecule has 0 unspecified atom stereocenters. The first-order valence-corrected chi connectivity index (χ1v) is 9.10. The Hall–Kier alpha value is -2.57. The summed E-state index contributed by atoms with van der Waals surface area (Å²) in [5.41, 5.74) is 2.39. The molecule has 138 valence electrons. The third-order valence-electron chi connectivity index (χ3n) is 4.60. The minimum atomic E-state index is -1.30. The molecular formula is C20H18ClFN4O. The molecule has 0 spiro atoms. The Morgan fingerprint density at radius 1 is 1.11 bits per heavy atom. The largest absolute Gasteiger partial charge is 0.390 e. The van der Waals surface area contributed by atoms with Crippen molar-refractivity contribution >= 4 is 17.4 Å². The highest BCUT2D eigenvalue weighted by molar-refractivity contribution is 6.30. The number of alkyl halides is 1. The summed E-state index contributed by atoms with van der Waals surface area (Å²) < 4.78 is 14.0. The fourth-order valence-corrected chi connectivity index (χ4v) is 3.22. The number of aliphatic hydroxyl groups excluding tert-OH is 1. The van der Waals surface area contributed by atoms with E-state index in [2.05, 4.69) is 15.0 Å². The summed E-state index contributed by atoms with van der Waals surface area (Å²) in [4.78, 5) is 15.3. The number of aromatic nitrogens is 3. The Labute approximate surface area is 161 Å². The molecule has 0 aliphatic carbocycles. The Morgan fingerprint density at radius 2 is 1.93 bits per heavy atom. The van der Waals surface area contributed by atoms with Crippen molar-refractivity contribution in [1.82, 2.24) is 15.0 Å². The number of pyridine rings is 1. The zero-order chi connectivity index (χ0) is 18.8. The Morgan fingerprint density at radius 3 is 2.63 bits per heavy atom. The lowest BCUT2D eigenvalue weighted by Gasteiger charge is -2.33. The molecule has 5 nitrogen and oxygen atoms in total. The molecule has 0 radical (unpaired) electrons. The summed E-state index contributed by atoms with van der Waals surface area (Å²) in [6.45, 7) is 0.635. The third-order valence-corrected chi connectivity index (χ3v) is 4.86. The smallest absolute Gasteiger partial charge is 0.163 e. The predicted molar refractivity (Wildman–Crippen MR) is 103 cm³/mol. The average molecular weight is 385 g/mol. The second-order valence-corrected chi connectivity index (χ2v) is 6.94. The number of halogens is 2. The molecule has 0 amide bonds. The molecule has 1 aliphatic heterocycles. The van der Waals surface area contributed by atoms with Gasteiger partial charge in [0, 0.05) is 41.2 Å². The predicted octanol–water partition coefficient (Wildman–Crippen LogP) is 3.77. The normalized spacial score (nSPS) is 19.9. The SMILES string of the molecule is O[C@@H]1CCN(c2cc(-c3ccc(Cl)cc3)nc(-c3cccnc3)n2)C[C@H]1F. The molecule has 27 heavy (non-hydrogen) atoms. The monoisotopic (exact) mass is 384 g/mol. The topological polar surface area (TPSA) is 62.1 Å². The van der Waals surface area contributed by atoms with E-state index < -0.39 is 12.3 Å². The van der Waals surface area contributed by atoms with Gasteiger partial charge in [0.25, 0.3) is 0 Å². The lowest BCUT2D eigenvalue weighted by Crippen LogP contribution is -2.45. The maximum Gasteiger partial charge on any atom is 0.163 e. The molecule has 2 aromatic heterocycles. The summed E-state index contributed by atoms with van der Waals surface area (Å²) in [6, 6.07) is 12.9. The summed E-state index contributed by atoms with van der Waals surface area (Å²) in [6.07, 6.45) is 1.53. The van der Waals surface area contributed by atoms with Gasteiger partial charge in [-0.25, -0.2) is 14.4 Å². The number of aliphatic hydroxyl groups is 1. The number of hydrogen-bond acceptors (Lipinski definition) is 5. The number of rotatable bonds is 3. The first-order valence-electron chi connectivity index (χ1n) is 8.72. The highest BCUT2D eigenvalue weighted by Gasteiger charge is 2.28. The van der Waals surface area contributed by atoms with Gasteiger partial charge in [-0.1, -0.05) is 23.7 Å². The van der Waals surface area contributed by atoms with E-state index in [4.69, 9.17) is 11.6 Å². The molecule has 3 aromatic rings. The second-order valence-electron chi connectivity index (χ2n) is 6.50. The van der Waals surface area contributed by atoms with Crippen LogP contribution in [0, 0.1) is 0 Å². The van der Waals surface area contributed by atoms with Crippen molar-refractivity contribution in [3.8, 4) is 22.6 Å². The van der Waals surface area contributed by atoms with Gasteiger partial charge in [0.2, 0.25) is 0 Å². The molecule has 1 N–H and O–H groups in total. The zero-order valence-electron chi connectivity index (χ0n) is 14.5. The fourth-order valence-electron chi connectivity index (χ4n) is 3.09. The van der Waals surface area contributed by atoms with Crippen LogP contribution in [0.15, 0.2) is 54.9 Å². The number of anilines is 1. The molecular weight excluding hydrogens is 367 g/mol. The van der Waals surface area contributed by atoms with Crippen molar-refractivity contribution in [3.63, 3.8) is 0 Å². The van der Waals surface area contributed by atoms with Gasteiger partial charge in [-0.15, -0.1) is 0 Å². The summed E-state index contributed by atoms with van der Waals surface area (Å²) in [5, 5.41) is 10.3. The molecule has 1 aromatic carbocycles. The zero-order valence-corrected chi connectivity index (χ0v) is 15.2. The van der Waals surface area contributed by atoms with Crippen LogP contribution in [-0.2, 0) is 0 Å². The van der Waals surface area contributed by atoms with Crippen LogP contribution in [0.1, 0.15) is 6.42 Å². The van der Waals surface area contributed by atoms with Gasteiger partial charge in [-0.2, -0.15) is 0 Å². The Balaban J connectivity index is 1.78. The van der Waals surface area contributed by atoms with Crippen LogP contribution in [0.3, 0.4) is 0 Å². The van der Waals surface area contributed by atoms with Crippen LogP contribution in [0.25, 0.3) is 22.6 Å². The van der Waals surface area contributed by atoms with Crippen LogP contribution in [0.4, 0.5) is 10.2 Å². The number of nitrogens with zero attached hydrogens (tertiary/aromatic N) is 4. The van der Waals surface area contributed by atoms with Crippen molar-refractivity contribution in [2.45, 2.75) is 18.7 Å². The summed E-state index contributed by atoms with van der Waals surface area (Å²) in [5.74, 6) is 1.15. The van der Waals surface area contributed by atoms with Gasteiger partial charge in [0.1, 0.15) is 12.0 Å². The Bertz CT molecular complexity index is 923. The van der Waals surface area contributed by atoms with Gasteiger partial charge < -0.3 is 10.0 Å². The van der Waals surface area contributed by atoms with Crippen molar-refractivity contribution in [2.24, 2.45) is 0 Å². The molecule has 1 saturated heterocycles. The summed E-state index contributed by atoms with van der Waals surface area (Å²) in [7, 11) is 0. The quantitative estimate of drug-likeness (QED) is 0.744. The molecule has 0 saturated carbocycles. The maximum atomic E-state index is 14.0. The van der Waals surface area contributed by atoms with E-state index in [-0.39, 0.29) is 6.54 Å². The van der Waals surface area contributed by atoms with Crippen LogP contribution >= 0.6 is 11.6 Å².